The minimum Gasteiger partial charge on any atom is -0.324 e. The third-order valence-electron chi connectivity index (χ3n) is 8.08. The molecule has 0 amide bonds. The first-order chi connectivity index (χ1) is 18.6. The van der Waals surface area contributed by atoms with Crippen LogP contribution in [-0.2, 0) is 4.57 Å². The Hall–Kier alpha value is 0.630. The van der Waals surface area contributed by atoms with Gasteiger partial charge in [-0.2, -0.15) is 0 Å². The summed E-state index contributed by atoms with van der Waals surface area (Å²) >= 11 is 3.51. The monoisotopic (exact) mass is 622 g/mol. The first kappa shape index (κ1) is 38.6. The highest BCUT2D eigenvalue weighted by Crippen LogP contribution is 2.35. The van der Waals surface area contributed by atoms with Crippen molar-refractivity contribution in [3.8, 4) is 0 Å². The summed E-state index contributed by atoms with van der Waals surface area (Å²) in [5, 5.41) is 1.18. The second-order valence-corrected chi connectivity index (χ2v) is 14.6. The number of alkyl halides is 1. The molecule has 0 bridgehead atoms. The van der Waals surface area contributed by atoms with E-state index in [2.05, 4.69) is 15.9 Å². The highest BCUT2D eigenvalue weighted by Gasteiger charge is 2.10. The lowest BCUT2D eigenvalue weighted by molar-refractivity contribution is 0.370. The van der Waals surface area contributed by atoms with E-state index in [-0.39, 0.29) is 6.16 Å². The van der Waals surface area contributed by atoms with Crippen molar-refractivity contribution in [3.05, 3.63) is 0 Å². The summed E-state index contributed by atoms with van der Waals surface area (Å²) in [5.41, 5.74) is 0. The maximum Gasteiger partial charge on any atom is 0.325 e. The van der Waals surface area contributed by atoms with Crippen molar-refractivity contribution in [2.45, 2.75) is 199 Å². The van der Waals surface area contributed by atoms with Gasteiger partial charge in [0.15, 0.2) is 0 Å². The molecule has 0 aromatic carbocycles. The summed E-state index contributed by atoms with van der Waals surface area (Å²) in [5.74, 6) is 0. The van der Waals surface area contributed by atoms with Gasteiger partial charge in [-0.05, 0) is 12.8 Å². The number of hydrogen-bond acceptors (Lipinski definition) is 1. The lowest BCUT2D eigenvalue weighted by Crippen LogP contribution is -1.88. The maximum atomic E-state index is 10.8. The SMILES string of the molecule is O=P(O)(O)CCCCCCCCCCCCCCCCCCCCCCCCCCCCCCCCCBr. The van der Waals surface area contributed by atoms with Crippen molar-refractivity contribution in [2.24, 2.45) is 0 Å². The van der Waals surface area contributed by atoms with E-state index in [1.165, 1.54) is 185 Å². The molecule has 0 heterocycles. The molecule has 0 aromatic rings. The fraction of sp³-hybridized carbons (Fsp3) is 1.00. The second kappa shape index (κ2) is 32.1. The van der Waals surface area contributed by atoms with Crippen LogP contribution >= 0.6 is 23.5 Å². The molecule has 0 aliphatic rings. The van der Waals surface area contributed by atoms with Gasteiger partial charge in [-0.15, -0.1) is 0 Å². The van der Waals surface area contributed by atoms with Crippen LogP contribution < -0.4 is 0 Å². The van der Waals surface area contributed by atoms with E-state index in [4.69, 9.17) is 9.79 Å². The quantitative estimate of drug-likeness (QED) is 0.0434. The first-order valence-corrected chi connectivity index (χ1v) is 20.1. The van der Waals surface area contributed by atoms with Gasteiger partial charge in [-0.1, -0.05) is 202 Å². The topological polar surface area (TPSA) is 57.5 Å². The Morgan fingerprint density at radius 2 is 0.474 bits per heavy atom. The van der Waals surface area contributed by atoms with Crippen LogP contribution in [0, 0.1) is 0 Å². The summed E-state index contributed by atoms with van der Waals surface area (Å²) in [6.45, 7) is 0. The van der Waals surface area contributed by atoms with Gasteiger partial charge in [0.25, 0.3) is 0 Å². The van der Waals surface area contributed by atoms with Crippen LogP contribution in [0.4, 0.5) is 0 Å². The lowest BCUT2D eigenvalue weighted by atomic mass is 10.0. The minimum atomic E-state index is -3.77. The molecule has 0 fully saturated rings. The van der Waals surface area contributed by atoms with Gasteiger partial charge >= 0.3 is 7.60 Å². The van der Waals surface area contributed by atoms with Crippen LogP contribution in [0.2, 0.25) is 0 Å². The van der Waals surface area contributed by atoms with Crippen LogP contribution in [-0.4, -0.2) is 21.3 Å². The van der Waals surface area contributed by atoms with Crippen molar-refractivity contribution < 1.29 is 14.4 Å². The van der Waals surface area contributed by atoms with Gasteiger partial charge < -0.3 is 9.79 Å². The normalized spacial score (nSPS) is 12.0. The smallest absolute Gasteiger partial charge is 0.324 e. The minimum absolute atomic E-state index is 0.0614. The molecule has 5 heteroatoms. The summed E-state index contributed by atoms with van der Waals surface area (Å²) in [6, 6.07) is 0. The van der Waals surface area contributed by atoms with E-state index in [1.807, 2.05) is 0 Å². The third-order valence-corrected chi connectivity index (χ3v) is 9.54. The van der Waals surface area contributed by atoms with E-state index in [1.54, 1.807) is 0 Å². The van der Waals surface area contributed by atoms with Crippen molar-refractivity contribution >= 4 is 23.5 Å². The van der Waals surface area contributed by atoms with Gasteiger partial charge in [0.05, 0.1) is 0 Å². The van der Waals surface area contributed by atoms with Crippen molar-refractivity contribution in [2.75, 3.05) is 11.5 Å². The molecule has 0 aromatic heterocycles. The summed E-state index contributed by atoms with van der Waals surface area (Å²) in [6.07, 6.45) is 42.7. The van der Waals surface area contributed by atoms with Crippen molar-refractivity contribution in [1.29, 1.82) is 0 Å². The Morgan fingerprint density at radius 3 is 0.632 bits per heavy atom. The highest BCUT2D eigenvalue weighted by atomic mass is 79.9. The van der Waals surface area contributed by atoms with Gasteiger partial charge in [-0.3, -0.25) is 4.57 Å². The zero-order chi connectivity index (χ0) is 27.8. The van der Waals surface area contributed by atoms with E-state index in [0.717, 1.165) is 12.8 Å². The number of unbranched alkanes of at least 4 members (excludes halogenated alkanes) is 30. The lowest BCUT2D eigenvalue weighted by Gasteiger charge is -2.05. The van der Waals surface area contributed by atoms with Crippen molar-refractivity contribution in [1.82, 2.24) is 0 Å². The molecular weight excluding hydrogens is 555 g/mol. The van der Waals surface area contributed by atoms with E-state index >= 15 is 0 Å². The largest absolute Gasteiger partial charge is 0.325 e. The molecule has 0 saturated heterocycles. The van der Waals surface area contributed by atoms with Gasteiger partial charge in [0.1, 0.15) is 0 Å². The fourth-order valence-electron chi connectivity index (χ4n) is 5.54. The molecule has 0 saturated carbocycles. The molecular formula is C33H68BrO3P. The summed E-state index contributed by atoms with van der Waals surface area (Å²) < 4.78 is 10.8. The Kier molecular flexibility index (Phi) is 32.7. The molecule has 3 nitrogen and oxygen atoms in total. The van der Waals surface area contributed by atoms with Gasteiger partial charge in [0.2, 0.25) is 0 Å². The van der Waals surface area contributed by atoms with E-state index < -0.39 is 7.60 Å². The molecule has 230 valence electrons. The Balaban J connectivity index is 3.04. The molecule has 0 unspecified atom stereocenters. The Bertz CT molecular complexity index is 483. The van der Waals surface area contributed by atoms with Crippen molar-refractivity contribution in [3.63, 3.8) is 0 Å². The molecule has 0 aliphatic heterocycles. The molecule has 38 heavy (non-hydrogen) atoms. The van der Waals surface area contributed by atoms with Crippen LogP contribution in [0.5, 0.6) is 0 Å². The van der Waals surface area contributed by atoms with Crippen LogP contribution in [0.1, 0.15) is 199 Å². The second-order valence-electron chi connectivity index (χ2n) is 12.0. The van der Waals surface area contributed by atoms with E-state index in [9.17, 15) is 4.57 Å². The Labute approximate surface area is 247 Å². The van der Waals surface area contributed by atoms with Crippen LogP contribution in [0.3, 0.4) is 0 Å². The molecule has 0 radical (unpaired) electrons. The van der Waals surface area contributed by atoms with E-state index in [0.29, 0.717) is 6.42 Å². The summed E-state index contributed by atoms with van der Waals surface area (Å²) in [4.78, 5) is 17.7. The zero-order valence-corrected chi connectivity index (χ0v) is 27.9. The third kappa shape index (κ3) is 36.6. The molecule has 0 atom stereocenters. The zero-order valence-electron chi connectivity index (χ0n) is 25.5. The number of rotatable bonds is 33. The fourth-order valence-corrected chi connectivity index (χ4v) is 6.57. The predicted octanol–water partition coefficient (Wildman–Crippen LogP) is 12.7. The number of halogens is 1. The highest BCUT2D eigenvalue weighted by molar-refractivity contribution is 9.09. The average molecular weight is 624 g/mol. The maximum absolute atomic E-state index is 10.8. The number of hydrogen-bond donors (Lipinski definition) is 2. The standard InChI is InChI=1S/C33H68BrO3P/c34-32-30-28-26-24-22-20-18-16-14-12-10-8-6-4-2-1-3-5-7-9-11-13-15-17-19-21-23-25-27-29-31-33-38(35,36)37/h1-33H2,(H2,35,36,37). The average Bonchev–Trinajstić information content (AvgIpc) is 2.88. The summed E-state index contributed by atoms with van der Waals surface area (Å²) in [7, 11) is -3.77. The van der Waals surface area contributed by atoms with Crippen LogP contribution in [0.15, 0.2) is 0 Å². The first-order valence-electron chi connectivity index (χ1n) is 17.2. The molecule has 0 aliphatic carbocycles. The van der Waals surface area contributed by atoms with Gasteiger partial charge in [-0.25, -0.2) is 0 Å². The molecule has 2 N–H and O–H groups in total. The predicted molar refractivity (Wildman–Crippen MR) is 174 cm³/mol. The molecule has 0 spiro atoms. The van der Waals surface area contributed by atoms with Crippen LogP contribution in [0.25, 0.3) is 0 Å². The Morgan fingerprint density at radius 1 is 0.316 bits per heavy atom. The molecule has 0 rings (SSSR count). The van der Waals surface area contributed by atoms with Gasteiger partial charge in [0, 0.05) is 11.5 Å².